The fourth-order valence-corrected chi connectivity index (χ4v) is 3.11. The van der Waals surface area contributed by atoms with E-state index in [0.717, 1.165) is 38.9 Å². The highest BCUT2D eigenvalue weighted by Crippen LogP contribution is 2.27. The Hall–Kier alpha value is -3.47. The number of hydrogen-bond acceptors (Lipinski definition) is 2. The van der Waals surface area contributed by atoms with Crippen LogP contribution in [0.3, 0.4) is 0 Å². The number of aromatic nitrogens is 4. The maximum atomic E-state index is 13.1. The molecule has 3 aromatic heterocycles. The summed E-state index contributed by atoms with van der Waals surface area (Å²) in [6.45, 7) is 0. The number of hydrogen-bond donors (Lipinski definition) is 1. The van der Waals surface area contributed by atoms with Crippen molar-refractivity contribution in [3.05, 3.63) is 79.0 Å². The quantitative estimate of drug-likeness (QED) is 0.511. The summed E-state index contributed by atoms with van der Waals surface area (Å²) >= 11 is 0. The van der Waals surface area contributed by atoms with Gasteiger partial charge in [-0.05, 0) is 41.5 Å². The van der Waals surface area contributed by atoms with Gasteiger partial charge < -0.3 is 0 Å². The van der Waals surface area contributed by atoms with E-state index in [1.165, 1.54) is 12.1 Å². The van der Waals surface area contributed by atoms with Crippen molar-refractivity contribution >= 4 is 16.6 Å². The lowest BCUT2D eigenvalue weighted by atomic mass is 10.1. The van der Waals surface area contributed by atoms with Crippen molar-refractivity contribution in [2.75, 3.05) is 0 Å². The smallest absolute Gasteiger partial charge is 0.137 e. The fourth-order valence-electron chi connectivity index (χ4n) is 3.11. The topological polar surface area (TPSA) is 46.0 Å². The van der Waals surface area contributed by atoms with Crippen LogP contribution in [0.1, 0.15) is 0 Å². The minimum absolute atomic E-state index is 0.234. The van der Waals surface area contributed by atoms with Gasteiger partial charge in [-0.3, -0.25) is 9.50 Å². The van der Waals surface area contributed by atoms with Crippen molar-refractivity contribution in [2.45, 2.75) is 0 Å². The Bertz CT molecular complexity index is 1200. The third-order valence-electron chi connectivity index (χ3n) is 4.43. The Morgan fingerprint density at radius 3 is 2.56 bits per heavy atom. The maximum absolute atomic E-state index is 13.1. The molecule has 0 saturated carbocycles. The second-order valence-electron chi connectivity index (χ2n) is 5.97. The SMILES string of the molecule is Fc1ccc(-c2ccn3c(-c4ccc5cn[nH]c5c4)cnc3c2)cc1. The summed E-state index contributed by atoms with van der Waals surface area (Å²) in [4.78, 5) is 4.53. The number of halogens is 1. The van der Waals surface area contributed by atoms with Crippen LogP contribution in [-0.2, 0) is 0 Å². The minimum atomic E-state index is -0.234. The predicted octanol–water partition coefficient (Wildman–Crippen LogP) is 4.68. The van der Waals surface area contributed by atoms with Crippen LogP contribution < -0.4 is 0 Å². The summed E-state index contributed by atoms with van der Waals surface area (Å²) in [6.07, 6.45) is 5.66. The Labute approximate surface area is 142 Å². The zero-order valence-corrected chi connectivity index (χ0v) is 13.1. The molecule has 0 radical (unpaired) electrons. The number of H-pyrrole nitrogens is 1. The van der Waals surface area contributed by atoms with E-state index in [9.17, 15) is 4.39 Å². The third kappa shape index (κ3) is 2.29. The second kappa shape index (κ2) is 5.27. The van der Waals surface area contributed by atoms with Crippen molar-refractivity contribution in [1.82, 2.24) is 19.6 Å². The molecule has 0 saturated heterocycles. The normalized spacial score (nSPS) is 11.4. The van der Waals surface area contributed by atoms with Gasteiger partial charge in [0.15, 0.2) is 0 Å². The number of imidazole rings is 1. The van der Waals surface area contributed by atoms with Crippen LogP contribution in [0, 0.1) is 5.82 Å². The Morgan fingerprint density at radius 2 is 1.68 bits per heavy atom. The van der Waals surface area contributed by atoms with Crippen molar-refractivity contribution in [3.8, 4) is 22.4 Å². The first-order valence-electron chi connectivity index (χ1n) is 7.94. The number of aromatic amines is 1. The molecule has 1 N–H and O–H groups in total. The lowest BCUT2D eigenvalue weighted by Crippen LogP contribution is -1.89. The van der Waals surface area contributed by atoms with E-state index in [2.05, 4.69) is 27.3 Å². The van der Waals surface area contributed by atoms with Gasteiger partial charge in [0.1, 0.15) is 11.5 Å². The molecule has 120 valence electrons. The van der Waals surface area contributed by atoms with Crippen molar-refractivity contribution in [2.24, 2.45) is 0 Å². The molecule has 0 aliphatic carbocycles. The molecule has 5 aromatic rings. The first-order valence-corrected chi connectivity index (χ1v) is 7.94. The lowest BCUT2D eigenvalue weighted by Gasteiger charge is -2.05. The van der Waals surface area contributed by atoms with Gasteiger partial charge in [-0.25, -0.2) is 9.37 Å². The van der Waals surface area contributed by atoms with Gasteiger partial charge in [0, 0.05) is 17.1 Å². The van der Waals surface area contributed by atoms with Gasteiger partial charge in [0.2, 0.25) is 0 Å². The second-order valence-corrected chi connectivity index (χ2v) is 5.97. The Kier molecular flexibility index (Phi) is 2.94. The third-order valence-corrected chi connectivity index (χ3v) is 4.43. The number of pyridine rings is 1. The molecule has 4 nitrogen and oxygen atoms in total. The summed E-state index contributed by atoms with van der Waals surface area (Å²) in [7, 11) is 0. The molecule has 25 heavy (non-hydrogen) atoms. The first-order chi connectivity index (χ1) is 12.3. The molecule has 0 aliphatic heterocycles. The standard InChI is InChI=1S/C20H13FN4/c21-17-5-3-13(4-6-17)14-7-8-25-19(12-22-20(25)10-14)15-1-2-16-11-23-24-18(16)9-15/h1-12H,(H,23,24). The van der Waals surface area contributed by atoms with Crippen LogP contribution in [0.5, 0.6) is 0 Å². The van der Waals surface area contributed by atoms with Gasteiger partial charge in [-0.15, -0.1) is 0 Å². The molecule has 0 aliphatic rings. The largest absolute Gasteiger partial charge is 0.300 e. The highest BCUT2D eigenvalue weighted by Gasteiger charge is 2.09. The van der Waals surface area contributed by atoms with E-state index < -0.39 is 0 Å². The van der Waals surface area contributed by atoms with Crippen LogP contribution in [0.4, 0.5) is 4.39 Å². The molecular formula is C20H13FN4. The Morgan fingerprint density at radius 1 is 0.840 bits per heavy atom. The predicted molar refractivity (Wildman–Crippen MR) is 95.7 cm³/mol. The summed E-state index contributed by atoms with van der Waals surface area (Å²) in [5, 5.41) is 8.14. The van der Waals surface area contributed by atoms with E-state index in [1.807, 2.05) is 41.2 Å². The lowest BCUT2D eigenvalue weighted by molar-refractivity contribution is 0.628. The van der Waals surface area contributed by atoms with Gasteiger partial charge in [-0.2, -0.15) is 5.10 Å². The van der Waals surface area contributed by atoms with Crippen molar-refractivity contribution < 1.29 is 4.39 Å². The summed E-state index contributed by atoms with van der Waals surface area (Å²) in [5.41, 5.74) is 5.90. The minimum Gasteiger partial charge on any atom is -0.300 e. The summed E-state index contributed by atoms with van der Waals surface area (Å²) in [6, 6.07) is 16.7. The van der Waals surface area contributed by atoms with E-state index >= 15 is 0 Å². The van der Waals surface area contributed by atoms with Gasteiger partial charge >= 0.3 is 0 Å². The molecule has 0 bridgehead atoms. The first kappa shape index (κ1) is 13.9. The number of fused-ring (bicyclic) bond motifs is 2. The Balaban J connectivity index is 1.62. The molecular weight excluding hydrogens is 315 g/mol. The molecule has 0 spiro atoms. The van der Waals surface area contributed by atoms with Gasteiger partial charge in [-0.1, -0.05) is 24.3 Å². The summed E-state index contributed by atoms with van der Waals surface area (Å²) < 4.78 is 15.2. The average Bonchev–Trinajstić information content (AvgIpc) is 3.27. The maximum Gasteiger partial charge on any atom is 0.137 e. The number of nitrogens with one attached hydrogen (secondary N) is 1. The zero-order valence-electron chi connectivity index (χ0n) is 13.1. The van der Waals surface area contributed by atoms with Gasteiger partial charge in [0.05, 0.1) is 23.6 Å². The van der Waals surface area contributed by atoms with Crippen LogP contribution >= 0.6 is 0 Å². The number of nitrogens with zero attached hydrogens (tertiary/aromatic N) is 3. The fraction of sp³-hybridized carbons (Fsp3) is 0. The van der Waals surface area contributed by atoms with Crippen LogP contribution in [0.25, 0.3) is 38.9 Å². The highest BCUT2D eigenvalue weighted by molar-refractivity contribution is 5.83. The molecule has 0 amide bonds. The number of benzene rings is 2. The van der Waals surface area contributed by atoms with Crippen molar-refractivity contribution in [1.29, 1.82) is 0 Å². The molecule has 0 unspecified atom stereocenters. The molecule has 5 rings (SSSR count). The van der Waals surface area contributed by atoms with Crippen LogP contribution in [0.2, 0.25) is 0 Å². The highest BCUT2D eigenvalue weighted by atomic mass is 19.1. The van der Waals surface area contributed by atoms with Crippen LogP contribution in [0.15, 0.2) is 73.2 Å². The van der Waals surface area contributed by atoms with E-state index in [0.29, 0.717) is 0 Å². The van der Waals surface area contributed by atoms with E-state index in [1.54, 1.807) is 12.1 Å². The average molecular weight is 328 g/mol. The molecule has 0 fully saturated rings. The molecule has 5 heteroatoms. The monoisotopic (exact) mass is 328 g/mol. The number of rotatable bonds is 2. The molecule has 2 aromatic carbocycles. The van der Waals surface area contributed by atoms with E-state index in [4.69, 9.17) is 0 Å². The van der Waals surface area contributed by atoms with Crippen molar-refractivity contribution in [3.63, 3.8) is 0 Å². The zero-order chi connectivity index (χ0) is 16.8. The van der Waals surface area contributed by atoms with Crippen LogP contribution in [-0.4, -0.2) is 19.6 Å². The molecule has 0 atom stereocenters. The molecule has 3 heterocycles. The summed E-state index contributed by atoms with van der Waals surface area (Å²) in [5.74, 6) is -0.234. The van der Waals surface area contributed by atoms with Gasteiger partial charge in [0.25, 0.3) is 0 Å². The van der Waals surface area contributed by atoms with E-state index in [-0.39, 0.29) is 5.82 Å².